The summed E-state index contributed by atoms with van der Waals surface area (Å²) in [4.78, 5) is 4.31. The van der Waals surface area contributed by atoms with Gasteiger partial charge in [-0.3, -0.25) is 0 Å². The number of methoxy groups -OCH3 is 1. The third-order valence-electron chi connectivity index (χ3n) is 3.76. The van der Waals surface area contributed by atoms with E-state index in [2.05, 4.69) is 15.3 Å². The van der Waals surface area contributed by atoms with Crippen LogP contribution in [0.25, 0.3) is 21.8 Å². The van der Waals surface area contributed by atoms with Gasteiger partial charge in [0.05, 0.1) is 18.1 Å². The molecule has 0 bridgehead atoms. The van der Waals surface area contributed by atoms with Gasteiger partial charge in [-0.15, -0.1) is 5.11 Å². The summed E-state index contributed by atoms with van der Waals surface area (Å²) in [7, 11) is 1.63. The van der Waals surface area contributed by atoms with Crippen LogP contribution in [0.3, 0.4) is 0 Å². The molecule has 3 aromatic carbocycles. The Hall–Kier alpha value is -3.21. The van der Waals surface area contributed by atoms with Gasteiger partial charge in [-0.2, -0.15) is 0 Å². The van der Waals surface area contributed by atoms with Crippen molar-refractivity contribution in [3.63, 3.8) is 0 Å². The summed E-state index contributed by atoms with van der Waals surface area (Å²) in [6.45, 7) is 0. The smallest absolute Gasteiger partial charge is 0.147 e. The van der Waals surface area contributed by atoms with E-state index >= 15 is 0 Å². The zero-order chi connectivity index (χ0) is 15.6. The Kier molecular flexibility index (Phi) is 3.24. The highest BCUT2D eigenvalue weighted by molar-refractivity contribution is 5.95. The van der Waals surface area contributed by atoms with Gasteiger partial charge in [0.25, 0.3) is 0 Å². The molecule has 0 aliphatic carbocycles. The molecular formula is C18H14N4O. The predicted octanol–water partition coefficient (Wildman–Crippen LogP) is 4.75. The van der Waals surface area contributed by atoms with E-state index in [1.54, 1.807) is 18.1 Å². The molecular weight excluding hydrogens is 288 g/mol. The maximum absolute atomic E-state index is 5.43. The second-order valence-corrected chi connectivity index (χ2v) is 5.10. The monoisotopic (exact) mass is 302 g/mol. The van der Waals surface area contributed by atoms with Crippen LogP contribution in [0.2, 0.25) is 0 Å². The molecule has 5 heteroatoms. The van der Waals surface area contributed by atoms with Crippen LogP contribution in [-0.2, 0) is 0 Å². The summed E-state index contributed by atoms with van der Waals surface area (Å²) in [6.07, 6.45) is 1.66. The van der Waals surface area contributed by atoms with Gasteiger partial charge in [0.2, 0.25) is 0 Å². The van der Waals surface area contributed by atoms with Gasteiger partial charge in [0.15, 0.2) is 0 Å². The topological polar surface area (TPSA) is 51.8 Å². The van der Waals surface area contributed by atoms with Crippen molar-refractivity contribution < 1.29 is 4.74 Å². The number of rotatable bonds is 3. The quantitative estimate of drug-likeness (QED) is 0.513. The van der Waals surface area contributed by atoms with Crippen LogP contribution in [0.5, 0.6) is 5.75 Å². The molecule has 0 N–H and O–H groups in total. The maximum Gasteiger partial charge on any atom is 0.147 e. The minimum atomic E-state index is 0.692. The van der Waals surface area contributed by atoms with Crippen LogP contribution in [0.4, 0.5) is 5.69 Å². The van der Waals surface area contributed by atoms with Crippen molar-refractivity contribution in [2.24, 2.45) is 10.3 Å². The molecule has 0 aliphatic heterocycles. The molecule has 0 radical (unpaired) electrons. The number of aromatic nitrogens is 2. The highest BCUT2D eigenvalue weighted by atomic mass is 16.5. The molecule has 0 amide bonds. The van der Waals surface area contributed by atoms with Crippen LogP contribution in [0.1, 0.15) is 0 Å². The lowest BCUT2D eigenvalue weighted by Gasteiger charge is -2.07. The molecule has 23 heavy (non-hydrogen) atoms. The van der Waals surface area contributed by atoms with E-state index in [0.29, 0.717) is 11.4 Å². The van der Waals surface area contributed by atoms with E-state index in [0.717, 1.165) is 21.8 Å². The summed E-state index contributed by atoms with van der Waals surface area (Å²) in [5, 5.41) is 10.8. The van der Waals surface area contributed by atoms with Crippen molar-refractivity contribution in [3.05, 3.63) is 67.0 Å². The van der Waals surface area contributed by atoms with Crippen molar-refractivity contribution in [1.82, 2.24) is 9.66 Å². The number of para-hydroxylation sites is 2. The number of benzene rings is 3. The first-order chi connectivity index (χ1) is 11.4. The van der Waals surface area contributed by atoms with E-state index in [1.165, 1.54) is 0 Å². The summed E-state index contributed by atoms with van der Waals surface area (Å²) < 4.78 is 7.10. The predicted molar refractivity (Wildman–Crippen MR) is 90.1 cm³/mol. The average Bonchev–Trinajstić information content (AvgIpc) is 3.02. The largest absolute Gasteiger partial charge is 0.494 e. The molecule has 112 valence electrons. The molecule has 4 aromatic rings. The van der Waals surface area contributed by atoms with E-state index < -0.39 is 0 Å². The van der Waals surface area contributed by atoms with Gasteiger partial charge in [-0.25, -0.2) is 9.66 Å². The SMILES string of the molecule is COc1ccc2ccccc2c1N=Nn1cnc2ccccc21. The number of hydrogen-bond acceptors (Lipinski definition) is 4. The lowest BCUT2D eigenvalue weighted by atomic mass is 10.1. The van der Waals surface area contributed by atoms with Crippen molar-refractivity contribution >= 4 is 27.5 Å². The third-order valence-corrected chi connectivity index (χ3v) is 3.76. The highest BCUT2D eigenvalue weighted by Gasteiger charge is 2.08. The Bertz CT molecular complexity index is 1020. The van der Waals surface area contributed by atoms with Gasteiger partial charge in [0, 0.05) is 5.39 Å². The van der Waals surface area contributed by atoms with Crippen LogP contribution in [-0.4, -0.2) is 16.8 Å². The molecule has 5 nitrogen and oxygen atoms in total. The minimum absolute atomic E-state index is 0.692. The van der Waals surface area contributed by atoms with Crippen LogP contribution < -0.4 is 4.74 Å². The fourth-order valence-corrected chi connectivity index (χ4v) is 2.61. The van der Waals surface area contributed by atoms with Gasteiger partial charge in [-0.05, 0) is 23.6 Å². The van der Waals surface area contributed by atoms with Crippen LogP contribution in [0.15, 0.2) is 77.3 Å². The molecule has 0 fully saturated rings. The molecule has 0 saturated heterocycles. The Balaban J connectivity index is 1.86. The van der Waals surface area contributed by atoms with Gasteiger partial charge >= 0.3 is 0 Å². The zero-order valence-electron chi connectivity index (χ0n) is 12.5. The van der Waals surface area contributed by atoms with Crippen molar-refractivity contribution in [2.45, 2.75) is 0 Å². The Morgan fingerprint density at radius 2 is 1.78 bits per heavy atom. The van der Waals surface area contributed by atoms with Crippen molar-refractivity contribution in [2.75, 3.05) is 7.11 Å². The molecule has 1 heterocycles. The lowest BCUT2D eigenvalue weighted by Crippen LogP contribution is -1.86. The molecule has 0 saturated carbocycles. The van der Waals surface area contributed by atoms with E-state index in [-0.39, 0.29) is 0 Å². The number of imidazole rings is 1. The Labute approximate surface area is 132 Å². The Morgan fingerprint density at radius 1 is 0.957 bits per heavy atom. The lowest BCUT2D eigenvalue weighted by molar-refractivity contribution is 0.416. The average molecular weight is 302 g/mol. The molecule has 0 atom stereocenters. The van der Waals surface area contributed by atoms with Gasteiger partial charge in [0.1, 0.15) is 17.8 Å². The number of hydrogen-bond donors (Lipinski definition) is 0. The van der Waals surface area contributed by atoms with E-state index in [1.807, 2.05) is 60.7 Å². The molecule has 1 aromatic heterocycles. The van der Waals surface area contributed by atoms with Gasteiger partial charge < -0.3 is 4.74 Å². The molecule has 0 unspecified atom stereocenters. The van der Waals surface area contributed by atoms with Crippen LogP contribution >= 0.6 is 0 Å². The number of fused-ring (bicyclic) bond motifs is 2. The summed E-state index contributed by atoms with van der Waals surface area (Å²) in [5.41, 5.74) is 2.51. The first-order valence-corrected chi connectivity index (χ1v) is 7.26. The van der Waals surface area contributed by atoms with Gasteiger partial charge in [-0.1, -0.05) is 47.7 Å². The number of ether oxygens (including phenoxy) is 1. The first kappa shape index (κ1) is 13.5. The van der Waals surface area contributed by atoms with Crippen molar-refractivity contribution in [1.29, 1.82) is 0 Å². The molecule has 0 aliphatic rings. The normalized spacial score (nSPS) is 11.5. The second kappa shape index (κ2) is 5.53. The Morgan fingerprint density at radius 3 is 2.70 bits per heavy atom. The standard InChI is InChI=1S/C18H14N4O/c1-23-17-11-10-13-6-2-3-7-14(13)18(17)20-21-22-12-19-15-8-4-5-9-16(15)22/h2-12H,1H3. The minimum Gasteiger partial charge on any atom is -0.494 e. The maximum atomic E-state index is 5.43. The molecule has 0 spiro atoms. The third kappa shape index (κ3) is 2.32. The fraction of sp³-hybridized carbons (Fsp3) is 0.0556. The zero-order valence-corrected chi connectivity index (χ0v) is 12.5. The summed E-state index contributed by atoms with van der Waals surface area (Å²) in [5.74, 6) is 0.692. The summed E-state index contributed by atoms with van der Waals surface area (Å²) >= 11 is 0. The van der Waals surface area contributed by atoms with E-state index in [9.17, 15) is 0 Å². The summed E-state index contributed by atoms with van der Waals surface area (Å²) in [6, 6.07) is 19.8. The van der Waals surface area contributed by atoms with Crippen molar-refractivity contribution in [3.8, 4) is 5.75 Å². The molecule has 4 rings (SSSR count). The van der Waals surface area contributed by atoms with E-state index in [4.69, 9.17) is 4.74 Å². The highest BCUT2D eigenvalue weighted by Crippen LogP contribution is 2.36. The number of nitrogens with zero attached hydrogens (tertiary/aromatic N) is 4. The first-order valence-electron chi connectivity index (χ1n) is 7.26. The van der Waals surface area contributed by atoms with Crippen LogP contribution in [0, 0.1) is 0 Å². The fourth-order valence-electron chi connectivity index (χ4n) is 2.61. The second-order valence-electron chi connectivity index (χ2n) is 5.10.